The fourth-order valence-electron chi connectivity index (χ4n) is 2.74. The van der Waals surface area contributed by atoms with E-state index in [2.05, 4.69) is 55.8 Å². The summed E-state index contributed by atoms with van der Waals surface area (Å²) in [5, 5.41) is 0. The molecule has 0 amide bonds. The minimum absolute atomic E-state index is 0.0972. The van der Waals surface area contributed by atoms with Crippen molar-refractivity contribution in [3.8, 4) is 0 Å². The average Bonchev–Trinajstić information content (AvgIpc) is 2.69. The summed E-state index contributed by atoms with van der Waals surface area (Å²) in [6.07, 6.45) is 6.28. The van der Waals surface area contributed by atoms with Crippen LogP contribution in [0.15, 0.2) is 54.6 Å². The second-order valence-electron chi connectivity index (χ2n) is 6.92. The van der Waals surface area contributed by atoms with Gasteiger partial charge < -0.3 is 4.74 Å². The standard InChI is InChI=1S/C16H26O.C8H9F/c1-4-15(3)17-13-9-8-10-14(2)16-11-6-5-7-12-16;1-2-7-5-3-4-6-8(7)9/h5-7,11-12,14-15H,4,8-10,13H2,1-3H3;3-6H,2H2,1H3/p+1. The molecule has 0 saturated carbocycles. The van der Waals surface area contributed by atoms with E-state index in [0.29, 0.717) is 12.0 Å². The molecule has 0 aliphatic rings. The van der Waals surface area contributed by atoms with E-state index in [4.69, 9.17) is 0 Å². The van der Waals surface area contributed by atoms with Crippen molar-refractivity contribution < 1.29 is 9.13 Å². The Balaban J connectivity index is 0.000000314. The minimum Gasteiger partial charge on any atom is -0.432 e. The first-order chi connectivity index (χ1) is 12.6. The molecule has 2 aromatic carbocycles. The molecule has 2 rings (SSSR count). The van der Waals surface area contributed by atoms with Crippen LogP contribution in [0.2, 0.25) is 0 Å². The van der Waals surface area contributed by atoms with Crippen LogP contribution in [-0.4, -0.2) is 17.4 Å². The second kappa shape index (κ2) is 13.5. The van der Waals surface area contributed by atoms with Gasteiger partial charge in [-0.15, -0.1) is 0 Å². The highest BCUT2D eigenvalue weighted by atomic mass is 19.1. The van der Waals surface area contributed by atoms with Crippen LogP contribution >= 0.6 is 0 Å². The van der Waals surface area contributed by atoms with Crippen molar-refractivity contribution in [2.45, 2.75) is 71.8 Å². The van der Waals surface area contributed by atoms with Crippen molar-refractivity contribution in [3.05, 3.63) is 71.5 Å². The fourth-order valence-corrected chi connectivity index (χ4v) is 2.74. The monoisotopic (exact) mass is 359 g/mol. The highest BCUT2D eigenvalue weighted by molar-refractivity contribution is 5.18. The maximum atomic E-state index is 12.6. The molecule has 26 heavy (non-hydrogen) atoms. The Morgan fingerprint density at radius 3 is 2.12 bits per heavy atom. The minimum atomic E-state index is -0.0972. The molecule has 0 fully saturated rings. The van der Waals surface area contributed by atoms with E-state index in [-0.39, 0.29) is 5.82 Å². The maximum absolute atomic E-state index is 12.6. The zero-order valence-corrected chi connectivity index (χ0v) is 16.9. The number of halogens is 1. The van der Waals surface area contributed by atoms with E-state index >= 15 is 0 Å². The van der Waals surface area contributed by atoms with Crippen LogP contribution in [0.1, 0.15) is 70.4 Å². The average molecular weight is 360 g/mol. The molecule has 0 aliphatic heterocycles. The third-order valence-electron chi connectivity index (χ3n) is 4.78. The van der Waals surface area contributed by atoms with E-state index in [0.717, 1.165) is 18.6 Å². The van der Waals surface area contributed by atoms with Gasteiger partial charge in [-0.1, -0.05) is 69.3 Å². The van der Waals surface area contributed by atoms with Crippen LogP contribution in [0.5, 0.6) is 0 Å². The van der Waals surface area contributed by atoms with Crippen LogP contribution < -0.4 is 0 Å². The molecule has 2 unspecified atom stereocenters. The molecule has 0 radical (unpaired) electrons. The lowest BCUT2D eigenvalue weighted by molar-refractivity contribution is -0.0971. The first kappa shape index (κ1) is 22.4. The quantitative estimate of drug-likeness (QED) is 0.350. The Kier molecular flexibility index (Phi) is 11.6. The summed E-state index contributed by atoms with van der Waals surface area (Å²) in [5.74, 6) is 0.583. The number of ether oxygens (including phenoxy) is 1. The van der Waals surface area contributed by atoms with Crippen molar-refractivity contribution in [2.75, 3.05) is 6.61 Å². The Morgan fingerprint density at radius 1 is 0.885 bits per heavy atom. The summed E-state index contributed by atoms with van der Waals surface area (Å²) in [7, 11) is 0. The summed E-state index contributed by atoms with van der Waals surface area (Å²) < 4.78 is 17.2. The molecule has 2 aromatic rings. The van der Waals surface area contributed by atoms with Gasteiger partial charge in [-0.2, -0.15) is 0 Å². The van der Waals surface area contributed by atoms with Crippen molar-refractivity contribution in [1.29, 1.82) is 0 Å². The molecular formula is C24H36FO+. The zero-order valence-electron chi connectivity index (χ0n) is 16.9. The molecule has 0 bridgehead atoms. The molecule has 0 saturated heterocycles. The number of aliphatic hydroxyl groups is 2. The fraction of sp³-hybridized carbons (Fsp3) is 0.500. The SMILES string of the molecule is CCC(C)[OH+]CCCCC(C)c1ccccc1.CCc1ccccc1F. The van der Waals surface area contributed by atoms with Gasteiger partial charge in [-0.05, 0) is 42.4 Å². The first-order valence-electron chi connectivity index (χ1n) is 10.0. The normalized spacial score (nSPS) is 12.8. The van der Waals surface area contributed by atoms with Gasteiger partial charge in [-0.25, -0.2) is 4.39 Å². The molecule has 2 atom stereocenters. The predicted octanol–water partition coefficient (Wildman–Crippen LogP) is 6.68. The van der Waals surface area contributed by atoms with E-state index < -0.39 is 0 Å². The van der Waals surface area contributed by atoms with Gasteiger partial charge in [-0.3, -0.25) is 0 Å². The number of hydrogen-bond donors (Lipinski definition) is 0. The zero-order chi connectivity index (χ0) is 19.2. The molecule has 1 nitrogen and oxygen atoms in total. The number of aryl methyl sites for hydroxylation is 1. The molecule has 0 aliphatic carbocycles. The van der Waals surface area contributed by atoms with Gasteiger partial charge in [0.1, 0.15) is 12.4 Å². The molecule has 2 heteroatoms. The molecule has 144 valence electrons. The van der Waals surface area contributed by atoms with Crippen molar-refractivity contribution in [1.82, 2.24) is 0 Å². The Labute approximate surface area is 159 Å². The number of rotatable bonds is 9. The second-order valence-corrected chi connectivity index (χ2v) is 6.92. The van der Waals surface area contributed by atoms with Gasteiger partial charge >= 0.3 is 0 Å². The van der Waals surface area contributed by atoms with Gasteiger partial charge in [0.05, 0.1) is 0 Å². The molecule has 0 spiro atoms. The van der Waals surface area contributed by atoms with Crippen LogP contribution in [-0.2, 0) is 6.42 Å². The van der Waals surface area contributed by atoms with Crippen LogP contribution in [0.4, 0.5) is 4.39 Å². The summed E-state index contributed by atoms with van der Waals surface area (Å²) >= 11 is 0. The highest BCUT2D eigenvalue weighted by Crippen LogP contribution is 2.20. The predicted molar refractivity (Wildman–Crippen MR) is 111 cm³/mol. The van der Waals surface area contributed by atoms with Gasteiger partial charge in [0, 0.05) is 19.8 Å². The molecular weight excluding hydrogens is 323 g/mol. The lowest BCUT2D eigenvalue weighted by Crippen LogP contribution is -2.12. The summed E-state index contributed by atoms with van der Waals surface area (Å²) in [4.78, 5) is 0. The summed E-state index contributed by atoms with van der Waals surface area (Å²) in [6.45, 7) is 9.70. The first-order valence-corrected chi connectivity index (χ1v) is 10.0. The van der Waals surface area contributed by atoms with E-state index in [9.17, 15) is 4.39 Å². The number of benzene rings is 2. The number of hydrogen-bond acceptors (Lipinski definition) is 0. The maximum Gasteiger partial charge on any atom is 0.151 e. The number of unbranched alkanes of at least 4 members (excludes halogenated alkanes) is 1. The third-order valence-corrected chi connectivity index (χ3v) is 4.78. The highest BCUT2D eigenvalue weighted by Gasteiger charge is 2.06. The Bertz CT molecular complexity index is 582. The lowest BCUT2D eigenvalue weighted by atomic mass is 9.96. The van der Waals surface area contributed by atoms with Crippen LogP contribution in [0.3, 0.4) is 0 Å². The van der Waals surface area contributed by atoms with Crippen molar-refractivity contribution >= 4 is 0 Å². The largest absolute Gasteiger partial charge is 0.432 e. The van der Waals surface area contributed by atoms with Gasteiger partial charge in [0.25, 0.3) is 0 Å². The van der Waals surface area contributed by atoms with Crippen LogP contribution in [0.25, 0.3) is 0 Å². The molecule has 1 N–H and O–H groups in total. The molecule has 0 aromatic heterocycles. The topological polar surface area (TPSA) is 12.8 Å². The van der Waals surface area contributed by atoms with Gasteiger partial charge in [0.15, 0.2) is 6.10 Å². The lowest BCUT2D eigenvalue weighted by Gasteiger charge is -2.11. The Morgan fingerprint density at radius 2 is 1.54 bits per heavy atom. The van der Waals surface area contributed by atoms with Gasteiger partial charge in [0.2, 0.25) is 0 Å². The Hall–Kier alpha value is -1.67. The van der Waals surface area contributed by atoms with Crippen molar-refractivity contribution in [2.24, 2.45) is 0 Å². The molecule has 0 heterocycles. The van der Waals surface area contributed by atoms with Crippen molar-refractivity contribution in [3.63, 3.8) is 0 Å². The van der Waals surface area contributed by atoms with E-state index in [1.165, 1.54) is 37.3 Å². The summed E-state index contributed by atoms with van der Waals surface area (Å²) in [6, 6.07) is 17.6. The van der Waals surface area contributed by atoms with E-state index in [1.54, 1.807) is 12.1 Å². The smallest absolute Gasteiger partial charge is 0.151 e. The van der Waals surface area contributed by atoms with E-state index in [1.807, 2.05) is 13.0 Å². The van der Waals surface area contributed by atoms with Crippen LogP contribution in [0, 0.1) is 5.82 Å². The third kappa shape index (κ3) is 9.15. The summed E-state index contributed by atoms with van der Waals surface area (Å²) in [5.41, 5.74) is 2.25.